The first-order valence-corrected chi connectivity index (χ1v) is 10.1. The van der Waals surface area contributed by atoms with Crippen molar-refractivity contribution in [1.29, 1.82) is 0 Å². The zero-order chi connectivity index (χ0) is 19.3. The maximum absolute atomic E-state index is 10.2. The van der Waals surface area contributed by atoms with Gasteiger partial charge in [-0.1, -0.05) is 42.5 Å². The van der Waals surface area contributed by atoms with E-state index in [2.05, 4.69) is 54.3 Å². The number of ether oxygens (including phenoxy) is 2. The van der Waals surface area contributed by atoms with E-state index in [-0.39, 0.29) is 11.5 Å². The van der Waals surface area contributed by atoms with Gasteiger partial charge in [-0.2, -0.15) is 0 Å². The fourth-order valence-electron chi connectivity index (χ4n) is 5.20. The standard InChI is InChI=1S/C24H27NO3/c1-16-12-20(27-2)23-22-19(16)15-25(14-17-6-4-3-5-7-17)11-10-24(22)9-8-18(26)13-21(24)28-23/h3-9,12,18,21,26H,10-11,13-15H2,1-2H3/t18-,21-,24+/m0/s1. The van der Waals surface area contributed by atoms with E-state index < -0.39 is 6.10 Å². The van der Waals surface area contributed by atoms with Crippen molar-refractivity contribution in [3.05, 3.63) is 70.8 Å². The molecule has 0 fully saturated rings. The number of nitrogens with zero attached hydrogens (tertiary/aromatic N) is 1. The minimum atomic E-state index is -0.441. The van der Waals surface area contributed by atoms with Crippen LogP contribution in [-0.4, -0.2) is 35.9 Å². The predicted molar refractivity (Wildman–Crippen MR) is 109 cm³/mol. The molecule has 0 saturated heterocycles. The van der Waals surface area contributed by atoms with Gasteiger partial charge in [-0.25, -0.2) is 0 Å². The van der Waals surface area contributed by atoms with Crippen LogP contribution in [-0.2, 0) is 18.5 Å². The lowest BCUT2D eigenvalue weighted by Crippen LogP contribution is -2.43. The number of benzene rings is 2. The fourth-order valence-corrected chi connectivity index (χ4v) is 5.20. The molecule has 0 radical (unpaired) electrons. The van der Waals surface area contributed by atoms with Gasteiger partial charge >= 0.3 is 0 Å². The molecule has 3 aliphatic rings. The molecule has 2 heterocycles. The first-order valence-electron chi connectivity index (χ1n) is 10.1. The van der Waals surface area contributed by atoms with Gasteiger partial charge in [-0.05, 0) is 36.1 Å². The number of hydrogen-bond acceptors (Lipinski definition) is 4. The van der Waals surface area contributed by atoms with Gasteiger partial charge in [0.25, 0.3) is 0 Å². The Balaban J connectivity index is 1.61. The van der Waals surface area contributed by atoms with Gasteiger partial charge < -0.3 is 14.6 Å². The number of aliphatic hydroxyl groups excluding tert-OH is 1. The minimum Gasteiger partial charge on any atom is -0.493 e. The lowest BCUT2D eigenvalue weighted by molar-refractivity contribution is 0.0806. The van der Waals surface area contributed by atoms with E-state index in [0.717, 1.165) is 37.6 Å². The molecular weight excluding hydrogens is 350 g/mol. The Morgan fingerprint density at radius 1 is 1.29 bits per heavy atom. The Morgan fingerprint density at radius 3 is 2.89 bits per heavy atom. The molecule has 0 bridgehead atoms. The molecule has 2 aliphatic heterocycles. The molecule has 0 saturated carbocycles. The second kappa shape index (κ2) is 6.64. The highest BCUT2D eigenvalue weighted by molar-refractivity contribution is 5.63. The first-order chi connectivity index (χ1) is 13.6. The minimum absolute atomic E-state index is 0.0337. The molecule has 28 heavy (non-hydrogen) atoms. The molecule has 1 spiro atoms. The molecule has 0 aromatic heterocycles. The summed E-state index contributed by atoms with van der Waals surface area (Å²) < 4.78 is 12.1. The van der Waals surface area contributed by atoms with E-state index in [1.54, 1.807) is 7.11 Å². The SMILES string of the molecule is COc1cc(C)c2c3c1O[C@H]1C[C@@H](O)C=C[C@]31CCN(Cc1ccccc1)C2. The van der Waals surface area contributed by atoms with Crippen LogP contribution in [0.2, 0.25) is 0 Å². The Labute approximate surface area is 166 Å². The zero-order valence-corrected chi connectivity index (χ0v) is 16.5. The van der Waals surface area contributed by atoms with Crippen LogP contribution < -0.4 is 9.47 Å². The predicted octanol–water partition coefficient (Wildman–Crippen LogP) is 3.73. The quantitative estimate of drug-likeness (QED) is 0.828. The number of aryl methyl sites for hydroxylation is 1. The molecule has 0 amide bonds. The molecule has 146 valence electrons. The van der Waals surface area contributed by atoms with Gasteiger partial charge in [0.2, 0.25) is 0 Å². The molecule has 1 aliphatic carbocycles. The topological polar surface area (TPSA) is 41.9 Å². The molecule has 2 aromatic rings. The zero-order valence-electron chi connectivity index (χ0n) is 16.5. The molecular formula is C24H27NO3. The van der Waals surface area contributed by atoms with Crippen LogP contribution in [0.4, 0.5) is 0 Å². The summed E-state index contributed by atoms with van der Waals surface area (Å²) in [6, 6.07) is 12.8. The monoisotopic (exact) mass is 377 g/mol. The van der Waals surface area contributed by atoms with Crippen LogP contribution in [0.5, 0.6) is 11.5 Å². The smallest absolute Gasteiger partial charge is 0.166 e. The van der Waals surface area contributed by atoms with Crippen molar-refractivity contribution < 1.29 is 14.6 Å². The molecule has 4 nitrogen and oxygen atoms in total. The summed E-state index contributed by atoms with van der Waals surface area (Å²) >= 11 is 0. The van der Waals surface area contributed by atoms with Gasteiger partial charge in [0.05, 0.1) is 18.6 Å². The summed E-state index contributed by atoms with van der Waals surface area (Å²) in [4.78, 5) is 2.54. The summed E-state index contributed by atoms with van der Waals surface area (Å²) in [5.74, 6) is 1.69. The van der Waals surface area contributed by atoms with Gasteiger partial charge in [0.15, 0.2) is 11.5 Å². The van der Waals surface area contributed by atoms with E-state index in [1.165, 1.54) is 22.3 Å². The maximum atomic E-state index is 10.2. The van der Waals surface area contributed by atoms with Gasteiger partial charge in [-0.3, -0.25) is 4.90 Å². The van der Waals surface area contributed by atoms with Crippen LogP contribution >= 0.6 is 0 Å². The van der Waals surface area contributed by atoms with Crippen molar-refractivity contribution in [3.8, 4) is 11.5 Å². The Kier molecular flexibility index (Phi) is 4.22. The van der Waals surface area contributed by atoms with E-state index >= 15 is 0 Å². The maximum Gasteiger partial charge on any atom is 0.166 e. The van der Waals surface area contributed by atoms with Crippen molar-refractivity contribution >= 4 is 0 Å². The third-order valence-electron chi connectivity index (χ3n) is 6.64. The number of methoxy groups -OCH3 is 1. The van der Waals surface area contributed by atoms with Gasteiger partial charge in [-0.15, -0.1) is 0 Å². The summed E-state index contributed by atoms with van der Waals surface area (Å²) in [7, 11) is 1.71. The summed E-state index contributed by atoms with van der Waals surface area (Å²) in [5, 5.41) is 10.2. The van der Waals surface area contributed by atoms with E-state index in [9.17, 15) is 5.11 Å². The summed E-state index contributed by atoms with van der Waals surface area (Å²) in [6.07, 6.45) is 5.32. The van der Waals surface area contributed by atoms with E-state index in [0.29, 0.717) is 6.42 Å². The van der Waals surface area contributed by atoms with Crippen LogP contribution in [0, 0.1) is 6.92 Å². The van der Waals surface area contributed by atoms with Crippen LogP contribution in [0.25, 0.3) is 0 Å². The lowest BCUT2D eigenvalue weighted by atomic mass is 9.68. The second-order valence-corrected chi connectivity index (χ2v) is 8.33. The van der Waals surface area contributed by atoms with Crippen LogP contribution in [0.3, 0.4) is 0 Å². The Bertz CT molecular complexity index is 923. The molecule has 5 rings (SSSR count). The average Bonchev–Trinajstić information content (AvgIpc) is 2.93. The third kappa shape index (κ3) is 2.66. The fraction of sp³-hybridized carbons (Fsp3) is 0.417. The largest absolute Gasteiger partial charge is 0.493 e. The number of rotatable bonds is 3. The summed E-state index contributed by atoms with van der Waals surface area (Å²) in [6.45, 7) is 5.01. The number of aliphatic hydroxyl groups is 1. The Hall–Kier alpha value is -2.30. The first kappa shape index (κ1) is 17.8. The van der Waals surface area contributed by atoms with Crippen LogP contribution in [0.15, 0.2) is 48.6 Å². The second-order valence-electron chi connectivity index (χ2n) is 8.33. The van der Waals surface area contributed by atoms with Crippen molar-refractivity contribution in [2.24, 2.45) is 0 Å². The van der Waals surface area contributed by atoms with Gasteiger partial charge in [0.1, 0.15) is 6.10 Å². The normalized spacial score (nSPS) is 28.2. The molecule has 4 heteroatoms. The highest BCUT2D eigenvalue weighted by atomic mass is 16.5. The average molecular weight is 377 g/mol. The summed E-state index contributed by atoms with van der Waals surface area (Å²) in [5.41, 5.74) is 5.06. The van der Waals surface area contributed by atoms with Crippen molar-refractivity contribution in [1.82, 2.24) is 4.90 Å². The van der Waals surface area contributed by atoms with Gasteiger partial charge in [0, 0.05) is 31.6 Å². The van der Waals surface area contributed by atoms with Crippen molar-refractivity contribution in [2.75, 3.05) is 13.7 Å². The van der Waals surface area contributed by atoms with E-state index in [4.69, 9.17) is 9.47 Å². The molecule has 2 aromatic carbocycles. The lowest BCUT2D eigenvalue weighted by Gasteiger charge is -2.36. The highest BCUT2D eigenvalue weighted by Crippen LogP contribution is 2.56. The highest BCUT2D eigenvalue weighted by Gasteiger charge is 2.53. The molecule has 1 N–H and O–H groups in total. The third-order valence-corrected chi connectivity index (χ3v) is 6.64. The van der Waals surface area contributed by atoms with E-state index in [1.807, 2.05) is 6.08 Å². The molecule has 0 unspecified atom stereocenters. The molecule has 3 atom stereocenters. The Morgan fingerprint density at radius 2 is 2.11 bits per heavy atom. The van der Waals surface area contributed by atoms with Crippen molar-refractivity contribution in [3.63, 3.8) is 0 Å². The van der Waals surface area contributed by atoms with Crippen molar-refractivity contribution in [2.45, 2.75) is 50.5 Å². The number of hydrogen-bond donors (Lipinski definition) is 1. The van der Waals surface area contributed by atoms with Crippen LogP contribution in [0.1, 0.15) is 35.1 Å².